The van der Waals surface area contributed by atoms with Crippen LogP contribution in [0.2, 0.25) is 0 Å². The first-order chi connectivity index (χ1) is 6.99. The van der Waals surface area contributed by atoms with E-state index in [9.17, 15) is 4.79 Å². The van der Waals surface area contributed by atoms with Crippen molar-refractivity contribution in [2.45, 2.75) is 38.1 Å². The minimum Gasteiger partial charge on any atom is -0.348 e. The van der Waals surface area contributed by atoms with Crippen molar-refractivity contribution >= 4 is 33.2 Å². The van der Waals surface area contributed by atoms with Gasteiger partial charge >= 0.3 is 0 Å². The van der Waals surface area contributed by atoms with Gasteiger partial charge in [-0.1, -0.05) is 22.9 Å². The van der Waals surface area contributed by atoms with Gasteiger partial charge in [-0.15, -0.1) is 11.3 Å². The van der Waals surface area contributed by atoms with Crippen LogP contribution in [0.4, 0.5) is 0 Å². The molecule has 15 heavy (non-hydrogen) atoms. The van der Waals surface area contributed by atoms with Crippen molar-refractivity contribution < 1.29 is 4.79 Å². The molecule has 0 fully saturated rings. The number of halogens is 1. The molecule has 0 spiro atoms. The molecule has 0 aliphatic rings. The van der Waals surface area contributed by atoms with Gasteiger partial charge in [0.05, 0.1) is 5.01 Å². The number of hydrogen-bond acceptors (Lipinski definition) is 3. The second-order valence-electron chi connectivity index (χ2n) is 3.64. The Bertz CT molecular complexity index is 338. The van der Waals surface area contributed by atoms with Crippen LogP contribution in [0.3, 0.4) is 0 Å². The van der Waals surface area contributed by atoms with E-state index >= 15 is 0 Å². The van der Waals surface area contributed by atoms with Crippen LogP contribution in [0, 0.1) is 6.92 Å². The van der Waals surface area contributed by atoms with Gasteiger partial charge in [-0.3, -0.25) is 4.79 Å². The average molecular weight is 291 g/mol. The molecule has 0 aromatic carbocycles. The molecule has 2 atom stereocenters. The number of nitrogens with one attached hydrogen (secondary N) is 1. The summed E-state index contributed by atoms with van der Waals surface area (Å²) in [5.41, 5.74) is 0.520. The van der Waals surface area contributed by atoms with Gasteiger partial charge in [0, 0.05) is 16.2 Å². The maximum Gasteiger partial charge on any atom is 0.270 e. The highest BCUT2D eigenvalue weighted by atomic mass is 79.9. The van der Waals surface area contributed by atoms with E-state index in [1.165, 1.54) is 11.3 Å². The lowest BCUT2D eigenvalue weighted by molar-refractivity contribution is 0.0934. The van der Waals surface area contributed by atoms with E-state index in [4.69, 9.17) is 0 Å². The third-order valence-electron chi connectivity index (χ3n) is 1.91. The van der Waals surface area contributed by atoms with Crippen molar-refractivity contribution in [3.8, 4) is 0 Å². The molecule has 84 valence electrons. The quantitative estimate of drug-likeness (QED) is 0.867. The van der Waals surface area contributed by atoms with Crippen LogP contribution >= 0.6 is 27.3 Å². The molecule has 0 aliphatic carbocycles. The van der Waals surface area contributed by atoms with Gasteiger partial charge in [0.25, 0.3) is 5.91 Å². The van der Waals surface area contributed by atoms with Gasteiger partial charge in [0.15, 0.2) is 0 Å². The maximum atomic E-state index is 11.7. The Balaban J connectivity index is 2.49. The minimum absolute atomic E-state index is 0.0833. The molecule has 1 rings (SSSR count). The molecule has 3 nitrogen and oxygen atoms in total. The summed E-state index contributed by atoms with van der Waals surface area (Å²) in [6.07, 6.45) is 0.912. The fourth-order valence-electron chi connectivity index (χ4n) is 1.31. The van der Waals surface area contributed by atoms with Crippen molar-refractivity contribution in [2.75, 3.05) is 0 Å². The fourth-order valence-corrected chi connectivity index (χ4v) is 2.47. The summed E-state index contributed by atoms with van der Waals surface area (Å²) < 4.78 is 0. The summed E-state index contributed by atoms with van der Waals surface area (Å²) in [7, 11) is 0. The molecule has 1 heterocycles. The van der Waals surface area contributed by atoms with Crippen LogP contribution in [0.1, 0.15) is 35.8 Å². The van der Waals surface area contributed by atoms with E-state index in [2.05, 4.69) is 33.2 Å². The van der Waals surface area contributed by atoms with Crippen molar-refractivity contribution in [2.24, 2.45) is 0 Å². The molecular weight excluding hydrogens is 276 g/mol. The monoisotopic (exact) mass is 290 g/mol. The van der Waals surface area contributed by atoms with E-state index < -0.39 is 0 Å². The number of aromatic nitrogens is 1. The van der Waals surface area contributed by atoms with Crippen molar-refractivity contribution in [1.82, 2.24) is 10.3 Å². The maximum absolute atomic E-state index is 11.7. The molecule has 0 radical (unpaired) electrons. The summed E-state index contributed by atoms with van der Waals surface area (Å²) in [6, 6.07) is 0.161. The van der Waals surface area contributed by atoms with Gasteiger partial charge in [0.2, 0.25) is 0 Å². The summed E-state index contributed by atoms with van der Waals surface area (Å²) >= 11 is 4.95. The molecule has 1 N–H and O–H groups in total. The molecule has 1 amide bonds. The Morgan fingerprint density at radius 3 is 2.80 bits per heavy atom. The van der Waals surface area contributed by atoms with Gasteiger partial charge in [-0.05, 0) is 20.3 Å². The summed E-state index contributed by atoms with van der Waals surface area (Å²) in [6.45, 7) is 5.95. The van der Waals surface area contributed by atoms with E-state index in [0.29, 0.717) is 10.5 Å². The summed E-state index contributed by atoms with van der Waals surface area (Å²) in [5.74, 6) is -0.0833. The van der Waals surface area contributed by atoms with Crippen LogP contribution in [-0.4, -0.2) is 21.8 Å². The number of carbonyl (C=O) groups excluding carboxylic acids is 1. The zero-order valence-corrected chi connectivity index (χ0v) is 11.5. The minimum atomic E-state index is -0.0833. The highest BCUT2D eigenvalue weighted by Crippen LogP contribution is 2.10. The van der Waals surface area contributed by atoms with Crippen molar-refractivity contribution in [1.29, 1.82) is 0 Å². The van der Waals surface area contributed by atoms with Crippen LogP contribution in [0.5, 0.6) is 0 Å². The number of rotatable bonds is 4. The number of carbonyl (C=O) groups is 1. The second kappa shape index (κ2) is 5.61. The first-order valence-electron chi connectivity index (χ1n) is 4.86. The standard InChI is InChI=1S/C10H15BrN2OS/c1-6(11)4-7(2)12-10(14)9-5-15-8(3)13-9/h5-7H,4H2,1-3H3,(H,12,14). The van der Waals surface area contributed by atoms with Crippen LogP contribution < -0.4 is 5.32 Å². The Labute approximate surface area is 102 Å². The van der Waals surface area contributed by atoms with Gasteiger partial charge in [-0.25, -0.2) is 4.98 Å². The summed E-state index contributed by atoms with van der Waals surface area (Å²) in [5, 5.41) is 5.62. The van der Waals surface area contributed by atoms with E-state index in [0.717, 1.165) is 11.4 Å². The number of thiazole rings is 1. The second-order valence-corrected chi connectivity index (χ2v) is 6.27. The van der Waals surface area contributed by atoms with E-state index in [1.807, 2.05) is 13.8 Å². The Kier molecular flexibility index (Phi) is 4.73. The molecule has 1 aromatic rings. The topological polar surface area (TPSA) is 42.0 Å². The molecule has 0 bridgehead atoms. The Hall–Kier alpha value is -0.420. The SMILES string of the molecule is Cc1nc(C(=O)NC(C)CC(C)Br)cs1. The van der Waals surface area contributed by atoms with E-state index in [1.54, 1.807) is 5.38 Å². The predicted octanol–water partition coefficient (Wildman–Crippen LogP) is 2.74. The lowest BCUT2D eigenvalue weighted by Crippen LogP contribution is -2.34. The van der Waals surface area contributed by atoms with Crippen molar-refractivity contribution in [3.63, 3.8) is 0 Å². The van der Waals surface area contributed by atoms with Crippen molar-refractivity contribution in [3.05, 3.63) is 16.1 Å². The van der Waals surface area contributed by atoms with Crippen LogP contribution in [0.25, 0.3) is 0 Å². The third kappa shape index (κ3) is 4.30. The number of amides is 1. The van der Waals surface area contributed by atoms with E-state index in [-0.39, 0.29) is 11.9 Å². The van der Waals surface area contributed by atoms with Gasteiger partial charge in [-0.2, -0.15) is 0 Å². The molecule has 0 aliphatic heterocycles. The number of nitrogens with zero attached hydrogens (tertiary/aromatic N) is 1. The van der Waals surface area contributed by atoms with Crippen LogP contribution in [0.15, 0.2) is 5.38 Å². The zero-order valence-electron chi connectivity index (χ0n) is 9.08. The fraction of sp³-hybridized carbons (Fsp3) is 0.600. The van der Waals surface area contributed by atoms with Crippen LogP contribution in [-0.2, 0) is 0 Å². The predicted molar refractivity (Wildman–Crippen MR) is 66.8 cm³/mol. The Morgan fingerprint density at radius 2 is 2.33 bits per heavy atom. The molecule has 5 heteroatoms. The highest BCUT2D eigenvalue weighted by molar-refractivity contribution is 9.09. The molecule has 0 saturated carbocycles. The lowest BCUT2D eigenvalue weighted by Gasteiger charge is -2.14. The highest BCUT2D eigenvalue weighted by Gasteiger charge is 2.13. The van der Waals surface area contributed by atoms with Gasteiger partial charge in [0.1, 0.15) is 5.69 Å². The first-order valence-corrected chi connectivity index (χ1v) is 6.65. The number of hydrogen-bond donors (Lipinski definition) is 1. The normalized spacial score (nSPS) is 14.7. The first kappa shape index (κ1) is 12.6. The molecule has 1 aromatic heterocycles. The smallest absolute Gasteiger partial charge is 0.270 e. The molecule has 0 saturated heterocycles. The number of aryl methyl sites for hydroxylation is 1. The number of alkyl halides is 1. The summed E-state index contributed by atoms with van der Waals surface area (Å²) in [4.78, 5) is 16.2. The lowest BCUT2D eigenvalue weighted by atomic mass is 10.2. The molecular formula is C10H15BrN2OS. The zero-order chi connectivity index (χ0) is 11.4. The largest absolute Gasteiger partial charge is 0.348 e. The van der Waals surface area contributed by atoms with Gasteiger partial charge < -0.3 is 5.32 Å². The molecule has 2 unspecified atom stereocenters. The average Bonchev–Trinajstić information content (AvgIpc) is 2.49. The Morgan fingerprint density at radius 1 is 1.67 bits per heavy atom. The third-order valence-corrected chi connectivity index (χ3v) is 3.05.